The van der Waals surface area contributed by atoms with Crippen molar-refractivity contribution < 1.29 is 9.53 Å². The normalized spacial score (nSPS) is 19.0. The first kappa shape index (κ1) is 19.6. The van der Waals surface area contributed by atoms with Gasteiger partial charge in [-0.1, -0.05) is 13.0 Å². The maximum atomic E-state index is 12.4. The van der Waals surface area contributed by atoms with Crippen LogP contribution in [-0.2, 0) is 11.2 Å². The van der Waals surface area contributed by atoms with Gasteiger partial charge in [-0.05, 0) is 83.6 Å². The highest BCUT2D eigenvalue weighted by Crippen LogP contribution is 2.25. The van der Waals surface area contributed by atoms with E-state index in [1.165, 1.54) is 11.1 Å². The van der Waals surface area contributed by atoms with Crippen LogP contribution < -0.4 is 5.32 Å². The number of aryl methyl sites for hydroxylation is 2. The van der Waals surface area contributed by atoms with Crippen molar-refractivity contribution in [2.24, 2.45) is 0 Å². The smallest absolute Gasteiger partial charge is 0.410 e. The lowest BCUT2D eigenvalue weighted by atomic mass is 10.0. The van der Waals surface area contributed by atoms with Crippen LogP contribution in [0.2, 0.25) is 0 Å². The molecule has 0 aliphatic carbocycles. The van der Waals surface area contributed by atoms with E-state index in [4.69, 9.17) is 4.74 Å². The number of anilines is 1. The lowest BCUT2D eigenvalue weighted by Gasteiger charge is -2.30. The van der Waals surface area contributed by atoms with Crippen molar-refractivity contribution in [3.05, 3.63) is 29.3 Å². The van der Waals surface area contributed by atoms with Crippen LogP contribution >= 0.6 is 0 Å². The molecule has 1 amide bonds. The molecule has 0 aromatic heterocycles. The SMILES string of the molecule is CCc1cc(NC(C)CC2CCCN2C(=O)OC(C)(C)C)ccc1C. The zero-order valence-corrected chi connectivity index (χ0v) is 16.7. The van der Waals surface area contributed by atoms with E-state index in [9.17, 15) is 4.79 Å². The minimum absolute atomic E-state index is 0.175. The van der Waals surface area contributed by atoms with Gasteiger partial charge < -0.3 is 15.0 Å². The Bertz CT molecular complexity index is 592. The third-order valence-corrected chi connectivity index (χ3v) is 4.77. The van der Waals surface area contributed by atoms with Gasteiger partial charge in [0.15, 0.2) is 0 Å². The maximum Gasteiger partial charge on any atom is 0.410 e. The molecule has 4 nitrogen and oxygen atoms in total. The van der Waals surface area contributed by atoms with Crippen LogP contribution in [0.25, 0.3) is 0 Å². The van der Waals surface area contributed by atoms with Gasteiger partial charge in [-0.15, -0.1) is 0 Å². The van der Waals surface area contributed by atoms with Gasteiger partial charge in [0.1, 0.15) is 5.60 Å². The molecule has 2 unspecified atom stereocenters. The molecule has 4 heteroatoms. The summed E-state index contributed by atoms with van der Waals surface area (Å²) in [5.41, 5.74) is 3.45. The Hall–Kier alpha value is -1.71. The van der Waals surface area contributed by atoms with Crippen molar-refractivity contribution in [1.29, 1.82) is 0 Å². The minimum Gasteiger partial charge on any atom is -0.444 e. The molecule has 140 valence electrons. The number of nitrogens with zero attached hydrogens (tertiary/aromatic N) is 1. The fraction of sp³-hybridized carbons (Fsp3) is 0.667. The Labute approximate surface area is 152 Å². The summed E-state index contributed by atoms with van der Waals surface area (Å²) < 4.78 is 5.56. The number of nitrogens with one attached hydrogen (secondary N) is 1. The fourth-order valence-corrected chi connectivity index (χ4v) is 3.54. The van der Waals surface area contributed by atoms with E-state index in [0.29, 0.717) is 6.04 Å². The molecule has 2 atom stereocenters. The summed E-state index contributed by atoms with van der Waals surface area (Å²) in [4.78, 5) is 14.3. The van der Waals surface area contributed by atoms with Gasteiger partial charge >= 0.3 is 6.09 Å². The molecule has 0 bridgehead atoms. The highest BCUT2D eigenvalue weighted by molar-refractivity contribution is 5.69. The number of rotatable bonds is 5. The number of ether oxygens (including phenoxy) is 1. The number of hydrogen-bond donors (Lipinski definition) is 1. The van der Waals surface area contributed by atoms with Crippen molar-refractivity contribution >= 4 is 11.8 Å². The second-order valence-electron chi connectivity index (χ2n) is 8.25. The van der Waals surface area contributed by atoms with Crippen molar-refractivity contribution in [3.63, 3.8) is 0 Å². The molecule has 1 aromatic carbocycles. The van der Waals surface area contributed by atoms with E-state index in [0.717, 1.165) is 37.9 Å². The van der Waals surface area contributed by atoms with Crippen LogP contribution in [0.15, 0.2) is 18.2 Å². The topological polar surface area (TPSA) is 41.6 Å². The average molecular weight is 347 g/mol. The zero-order valence-electron chi connectivity index (χ0n) is 16.7. The molecule has 2 rings (SSSR count). The number of carbonyl (C=O) groups excluding carboxylic acids is 1. The summed E-state index contributed by atoms with van der Waals surface area (Å²) in [6.45, 7) is 13.1. The van der Waals surface area contributed by atoms with Crippen LogP contribution in [0.3, 0.4) is 0 Å². The molecular formula is C21H34N2O2. The van der Waals surface area contributed by atoms with E-state index < -0.39 is 5.60 Å². The number of carbonyl (C=O) groups is 1. The Balaban J connectivity index is 1.95. The average Bonchev–Trinajstić information content (AvgIpc) is 2.95. The summed E-state index contributed by atoms with van der Waals surface area (Å²) in [5.74, 6) is 0. The van der Waals surface area contributed by atoms with Gasteiger partial charge in [0.2, 0.25) is 0 Å². The van der Waals surface area contributed by atoms with Crippen molar-refractivity contribution in [2.45, 2.75) is 84.9 Å². The number of hydrogen-bond acceptors (Lipinski definition) is 3. The molecular weight excluding hydrogens is 312 g/mol. The summed E-state index contributed by atoms with van der Waals surface area (Å²) in [5, 5.41) is 3.60. The van der Waals surface area contributed by atoms with Gasteiger partial charge in [0, 0.05) is 24.3 Å². The molecule has 0 radical (unpaired) electrons. The highest BCUT2D eigenvalue weighted by atomic mass is 16.6. The Morgan fingerprint density at radius 1 is 1.40 bits per heavy atom. The molecule has 1 aliphatic rings. The van der Waals surface area contributed by atoms with Crippen LogP contribution in [0.1, 0.15) is 65.0 Å². The number of benzene rings is 1. The summed E-state index contributed by atoms with van der Waals surface area (Å²) in [6, 6.07) is 7.13. The van der Waals surface area contributed by atoms with Crippen molar-refractivity contribution in [1.82, 2.24) is 4.90 Å². The first-order valence-corrected chi connectivity index (χ1v) is 9.55. The van der Waals surface area contributed by atoms with Gasteiger partial charge in [-0.2, -0.15) is 0 Å². The van der Waals surface area contributed by atoms with Gasteiger partial charge in [-0.25, -0.2) is 4.79 Å². The molecule has 25 heavy (non-hydrogen) atoms. The van der Waals surface area contributed by atoms with E-state index in [1.54, 1.807) is 0 Å². The number of likely N-dealkylation sites (tertiary alicyclic amines) is 1. The predicted octanol–water partition coefficient (Wildman–Crippen LogP) is 5.15. The second kappa shape index (κ2) is 8.11. The van der Waals surface area contributed by atoms with Gasteiger partial charge in [-0.3, -0.25) is 0 Å². The lowest BCUT2D eigenvalue weighted by Crippen LogP contribution is -2.41. The van der Waals surface area contributed by atoms with E-state index >= 15 is 0 Å². The molecule has 0 saturated carbocycles. The van der Waals surface area contributed by atoms with Crippen molar-refractivity contribution in [3.8, 4) is 0 Å². The molecule has 1 saturated heterocycles. The first-order valence-electron chi connectivity index (χ1n) is 9.55. The quantitative estimate of drug-likeness (QED) is 0.802. The number of amides is 1. The summed E-state index contributed by atoms with van der Waals surface area (Å²) in [7, 11) is 0. The Morgan fingerprint density at radius 3 is 2.76 bits per heavy atom. The van der Waals surface area contributed by atoms with Crippen LogP contribution in [0.5, 0.6) is 0 Å². The molecule has 1 aliphatic heterocycles. The molecule has 1 fully saturated rings. The van der Waals surface area contributed by atoms with E-state index in [2.05, 4.69) is 44.3 Å². The first-order chi connectivity index (χ1) is 11.7. The Morgan fingerprint density at radius 2 is 2.12 bits per heavy atom. The van der Waals surface area contributed by atoms with Crippen LogP contribution in [0.4, 0.5) is 10.5 Å². The monoisotopic (exact) mass is 346 g/mol. The zero-order chi connectivity index (χ0) is 18.6. The third-order valence-electron chi connectivity index (χ3n) is 4.77. The van der Waals surface area contributed by atoms with Gasteiger partial charge in [0.25, 0.3) is 0 Å². The summed E-state index contributed by atoms with van der Waals surface area (Å²) >= 11 is 0. The molecule has 1 N–H and O–H groups in total. The third kappa shape index (κ3) is 5.65. The van der Waals surface area contributed by atoms with Crippen LogP contribution in [0, 0.1) is 6.92 Å². The molecule has 0 spiro atoms. The predicted molar refractivity (Wildman–Crippen MR) is 104 cm³/mol. The van der Waals surface area contributed by atoms with E-state index in [-0.39, 0.29) is 12.1 Å². The highest BCUT2D eigenvalue weighted by Gasteiger charge is 2.32. The van der Waals surface area contributed by atoms with Gasteiger partial charge in [0.05, 0.1) is 0 Å². The largest absolute Gasteiger partial charge is 0.444 e. The second-order valence-corrected chi connectivity index (χ2v) is 8.25. The van der Waals surface area contributed by atoms with Crippen molar-refractivity contribution in [2.75, 3.05) is 11.9 Å². The van der Waals surface area contributed by atoms with E-state index in [1.807, 2.05) is 25.7 Å². The lowest BCUT2D eigenvalue weighted by molar-refractivity contribution is 0.0218. The maximum absolute atomic E-state index is 12.4. The molecule has 1 aromatic rings. The molecule has 1 heterocycles. The summed E-state index contributed by atoms with van der Waals surface area (Å²) in [6.07, 6.45) is 3.92. The fourth-order valence-electron chi connectivity index (χ4n) is 3.54. The Kier molecular flexibility index (Phi) is 6.36. The minimum atomic E-state index is -0.438. The van der Waals surface area contributed by atoms with Crippen LogP contribution in [-0.4, -0.2) is 35.2 Å². The standard InChI is InChI=1S/C21H34N2O2/c1-7-17-14-18(11-10-15(17)2)22-16(3)13-19-9-8-12-23(19)20(24)25-21(4,5)6/h10-11,14,16,19,22H,7-9,12-13H2,1-6H3.